The highest BCUT2D eigenvalue weighted by Crippen LogP contribution is 2.44. The van der Waals surface area contributed by atoms with E-state index in [0.717, 1.165) is 137 Å². The van der Waals surface area contributed by atoms with Crippen LogP contribution in [0.25, 0.3) is 111 Å². The van der Waals surface area contributed by atoms with Crippen molar-refractivity contribution in [3.05, 3.63) is 324 Å². The summed E-state index contributed by atoms with van der Waals surface area (Å²) in [6, 6.07) is 105. The minimum absolute atomic E-state index is 0.315. The van der Waals surface area contributed by atoms with Crippen LogP contribution in [0.4, 0.5) is 34.1 Å². The Kier molecular flexibility index (Phi) is 15.9. The summed E-state index contributed by atoms with van der Waals surface area (Å²) < 4.78 is 12.0. The summed E-state index contributed by atoms with van der Waals surface area (Å²) in [5, 5.41) is 22.2. The standard InChI is InChI=1S/C82H54N6O2S3/c83-54-63(82(89)90)51-70-43-48-77(91-70)71-44-45-72(81-80(71)84-93-85-81)78-49-50-79(92-78)88-75-46-37-61(59-33-25-55(26-34-59)21-23-57-29-39-68(40-30-57)86(64-13-5-1-6-14-64)65-15-7-2-8-16-65)52-73(75)74-53-62(38-47-76(74)88)60-35-27-56(28-36-60)22-24-58-31-41-69(42-32-58)87(66-17-9-3-10-18-66)67-19-11-4-12-20-67/h1-53H,(H,89,90)/b23-21+,24-22+,63-51+. The number of carbonyl (C=O) groups is 1. The highest BCUT2D eigenvalue weighted by atomic mass is 32.1. The molecule has 8 nitrogen and oxygen atoms in total. The van der Waals surface area contributed by atoms with E-state index < -0.39 is 5.97 Å². The van der Waals surface area contributed by atoms with Crippen molar-refractivity contribution >= 4 is 138 Å². The molecule has 0 unspecified atom stereocenters. The van der Waals surface area contributed by atoms with Crippen molar-refractivity contribution in [2.45, 2.75) is 0 Å². The molecule has 0 saturated carbocycles. The maximum Gasteiger partial charge on any atom is 0.346 e. The molecule has 0 amide bonds. The predicted molar refractivity (Wildman–Crippen MR) is 391 cm³/mol. The zero-order valence-electron chi connectivity index (χ0n) is 49.9. The number of rotatable bonds is 17. The average molecular weight is 1250 g/mol. The van der Waals surface area contributed by atoms with E-state index in [2.05, 4.69) is 293 Å². The predicted octanol–water partition coefficient (Wildman–Crippen LogP) is 22.9. The number of hydrogen-bond donors (Lipinski definition) is 1. The van der Waals surface area contributed by atoms with Crippen molar-refractivity contribution in [3.8, 4) is 54.2 Å². The molecule has 0 aliphatic rings. The topological polar surface area (TPSA) is 98.3 Å². The molecule has 0 bridgehead atoms. The Balaban J connectivity index is 0.732. The smallest absolute Gasteiger partial charge is 0.346 e. The average Bonchev–Trinajstić information content (AvgIpc) is 1.76. The second-order valence-corrected chi connectivity index (χ2v) is 25.0. The molecule has 0 saturated heterocycles. The number of carboxylic acids is 1. The number of fused-ring (bicyclic) bond motifs is 4. The van der Waals surface area contributed by atoms with Crippen LogP contribution in [0.15, 0.2) is 297 Å². The lowest BCUT2D eigenvalue weighted by Gasteiger charge is -2.25. The number of aliphatic carboxylic acids is 1. The van der Waals surface area contributed by atoms with Crippen LogP contribution < -0.4 is 9.80 Å². The summed E-state index contributed by atoms with van der Waals surface area (Å²) in [5.74, 6) is -1.25. The number of hydrogen-bond acceptors (Lipinski definition) is 9. The summed E-state index contributed by atoms with van der Waals surface area (Å²) in [6.45, 7) is 0. The lowest BCUT2D eigenvalue weighted by Crippen LogP contribution is -2.09. The molecular formula is C82H54N6O2S3. The van der Waals surface area contributed by atoms with Crippen molar-refractivity contribution in [2.75, 3.05) is 9.80 Å². The van der Waals surface area contributed by atoms with E-state index in [1.807, 2.05) is 36.4 Å². The van der Waals surface area contributed by atoms with Crippen LogP contribution in [-0.2, 0) is 4.79 Å². The van der Waals surface area contributed by atoms with Gasteiger partial charge in [-0.15, -0.1) is 22.7 Å². The number of nitrogens with zero attached hydrogens (tertiary/aromatic N) is 6. The maximum absolute atomic E-state index is 11.6. The van der Waals surface area contributed by atoms with Crippen LogP contribution in [0.3, 0.4) is 0 Å². The number of carboxylic acid groups (broad SMARTS) is 1. The molecule has 0 spiro atoms. The number of benzene rings is 11. The van der Waals surface area contributed by atoms with Crippen molar-refractivity contribution in [1.29, 1.82) is 5.26 Å². The van der Waals surface area contributed by atoms with Gasteiger partial charge in [-0.2, -0.15) is 14.0 Å². The summed E-state index contributed by atoms with van der Waals surface area (Å²) >= 11 is 4.29. The van der Waals surface area contributed by atoms with Gasteiger partial charge in [-0.1, -0.05) is 194 Å². The largest absolute Gasteiger partial charge is 0.477 e. The number of anilines is 6. The fourth-order valence-corrected chi connectivity index (χ4v) is 14.6. The van der Waals surface area contributed by atoms with E-state index in [-0.39, 0.29) is 5.57 Å². The summed E-state index contributed by atoms with van der Waals surface area (Å²) in [7, 11) is 0. The van der Waals surface area contributed by atoms with Crippen LogP contribution in [0.1, 0.15) is 27.1 Å². The third kappa shape index (κ3) is 11.9. The molecule has 15 aromatic rings. The van der Waals surface area contributed by atoms with Gasteiger partial charge in [0.1, 0.15) is 27.7 Å². The van der Waals surface area contributed by atoms with E-state index in [1.165, 1.54) is 29.1 Å². The van der Waals surface area contributed by atoms with Gasteiger partial charge in [0, 0.05) is 70.7 Å². The van der Waals surface area contributed by atoms with Crippen LogP contribution in [0.5, 0.6) is 0 Å². The molecule has 442 valence electrons. The lowest BCUT2D eigenvalue weighted by molar-refractivity contribution is -0.132. The van der Waals surface area contributed by atoms with Gasteiger partial charge in [0.15, 0.2) is 0 Å². The lowest BCUT2D eigenvalue weighted by atomic mass is 9.99. The Morgan fingerprint density at radius 1 is 0.409 bits per heavy atom. The molecule has 0 radical (unpaired) electrons. The minimum Gasteiger partial charge on any atom is -0.477 e. The highest BCUT2D eigenvalue weighted by Gasteiger charge is 2.21. The van der Waals surface area contributed by atoms with Gasteiger partial charge < -0.3 is 19.5 Å². The first-order chi connectivity index (χ1) is 45.8. The normalized spacial score (nSPS) is 11.7. The Hall–Kier alpha value is -11.8. The van der Waals surface area contributed by atoms with Gasteiger partial charge in [-0.25, -0.2) is 4.79 Å². The summed E-state index contributed by atoms with van der Waals surface area (Å²) in [5.41, 5.74) is 20.9. The Bertz CT molecular complexity index is 5020. The molecule has 0 atom stereocenters. The van der Waals surface area contributed by atoms with Crippen LogP contribution in [-0.4, -0.2) is 24.4 Å². The Labute approximate surface area is 550 Å². The molecule has 11 aromatic carbocycles. The Morgan fingerprint density at radius 3 is 1.17 bits per heavy atom. The quantitative estimate of drug-likeness (QED) is 0.0551. The molecular weight excluding hydrogens is 1200 g/mol. The van der Waals surface area contributed by atoms with Crippen molar-refractivity contribution in [3.63, 3.8) is 0 Å². The summed E-state index contributed by atoms with van der Waals surface area (Å²) in [6.07, 6.45) is 10.1. The van der Waals surface area contributed by atoms with Crippen LogP contribution >= 0.6 is 34.4 Å². The molecule has 0 fully saturated rings. The minimum atomic E-state index is -1.25. The van der Waals surface area contributed by atoms with E-state index in [1.54, 1.807) is 17.4 Å². The fourth-order valence-electron chi connectivity index (χ4n) is 12.0. The molecule has 4 aromatic heterocycles. The van der Waals surface area contributed by atoms with Gasteiger partial charge >= 0.3 is 5.97 Å². The fraction of sp³-hybridized carbons (Fsp3) is 0. The van der Waals surface area contributed by atoms with Crippen molar-refractivity contribution < 1.29 is 9.90 Å². The number of para-hydroxylation sites is 4. The van der Waals surface area contributed by atoms with Gasteiger partial charge in [0.05, 0.1) is 22.8 Å². The zero-order valence-corrected chi connectivity index (χ0v) is 52.3. The van der Waals surface area contributed by atoms with Gasteiger partial charge in [0.2, 0.25) is 0 Å². The number of aromatic nitrogens is 3. The second-order valence-electron chi connectivity index (χ2n) is 22.3. The van der Waals surface area contributed by atoms with Crippen LogP contribution in [0.2, 0.25) is 0 Å². The molecule has 4 heterocycles. The molecule has 0 aliphatic carbocycles. The molecule has 0 aliphatic heterocycles. The molecule has 1 N–H and O–H groups in total. The SMILES string of the molecule is N#C/C(=C\c1ccc(-c2ccc(-c3ccc(-n4c5ccc(-c6ccc(/C=C/c7ccc(N(c8ccccc8)c8ccccc8)cc7)cc6)cc5c5cc(-c6ccc(/C=C/c7ccc(N(c8ccccc8)c8ccccc8)cc7)cc6)ccc54)s3)c3nsnc23)s1)C(=O)O. The third-order valence-corrected chi connectivity index (χ3v) is 19.3. The van der Waals surface area contributed by atoms with Crippen molar-refractivity contribution in [2.24, 2.45) is 0 Å². The Morgan fingerprint density at radius 2 is 0.774 bits per heavy atom. The monoisotopic (exact) mass is 1250 g/mol. The first kappa shape index (κ1) is 57.6. The summed E-state index contributed by atoms with van der Waals surface area (Å²) in [4.78, 5) is 18.8. The highest BCUT2D eigenvalue weighted by molar-refractivity contribution is 7.18. The first-order valence-corrected chi connectivity index (χ1v) is 32.7. The van der Waals surface area contributed by atoms with E-state index in [0.29, 0.717) is 4.88 Å². The van der Waals surface area contributed by atoms with Gasteiger partial charge in [-0.3, -0.25) is 0 Å². The molecule has 93 heavy (non-hydrogen) atoms. The zero-order chi connectivity index (χ0) is 62.6. The molecule has 15 rings (SSSR count). The number of nitriles is 1. The third-order valence-electron chi connectivity index (χ3n) is 16.6. The number of thiophene rings is 2. The first-order valence-electron chi connectivity index (χ1n) is 30.3. The van der Waals surface area contributed by atoms with Crippen LogP contribution in [0, 0.1) is 11.3 Å². The second kappa shape index (κ2) is 25.6. The van der Waals surface area contributed by atoms with Gasteiger partial charge in [0.25, 0.3) is 0 Å². The van der Waals surface area contributed by atoms with Crippen molar-refractivity contribution in [1.82, 2.24) is 13.3 Å². The molecule has 11 heteroatoms. The van der Waals surface area contributed by atoms with E-state index in [4.69, 9.17) is 8.75 Å². The van der Waals surface area contributed by atoms with Gasteiger partial charge in [-0.05, 0) is 172 Å². The van der Waals surface area contributed by atoms with E-state index in [9.17, 15) is 15.2 Å². The van der Waals surface area contributed by atoms with E-state index >= 15 is 0 Å². The maximum atomic E-state index is 11.6.